The van der Waals surface area contributed by atoms with Crippen molar-refractivity contribution in [3.05, 3.63) is 18.0 Å². The minimum Gasteiger partial charge on any atom is -0.297 e. The van der Waals surface area contributed by atoms with Crippen LogP contribution in [0.4, 0.5) is 0 Å². The predicted molar refractivity (Wildman–Crippen MR) is 73.2 cm³/mol. The minimum absolute atomic E-state index is 0.182. The monoisotopic (exact) mass is 259 g/mol. The molecule has 0 aliphatic carbocycles. The van der Waals surface area contributed by atoms with Crippen LogP contribution in [0.5, 0.6) is 0 Å². The molecule has 19 heavy (non-hydrogen) atoms. The standard InChI is InChI=1S/C12H15N5.C2H6/c1-11-7-15-17(8-11)12(3-5-14)9-16(10-12)6-2-4-13;1-2/h7-8H,2-3,6,9-10H2,1H3;1-2H3. The van der Waals surface area contributed by atoms with Crippen LogP contribution in [0.15, 0.2) is 12.4 Å². The van der Waals surface area contributed by atoms with E-state index in [0.717, 1.165) is 25.2 Å². The van der Waals surface area contributed by atoms with E-state index in [1.807, 2.05) is 37.8 Å². The van der Waals surface area contributed by atoms with Crippen molar-refractivity contribution in [3.63, 3.8) is 0 Å². The molecule has 0 bridgehead atoms. The third-order valence-electron chi connectivity index (χ3n) is 3.18. The van der Waals surface area contributed by atoms with Crippen LogP contribution in [-0.2, 0) is 5.54 Å². The second-order valence-corrected chi connectivity index (χ2v) is 4.64. The van der Waals surface area contributed by atoms with Crippen LogP contribution in [0.2, 0.25) is 0 Å². The van der Waals surface area contributed by atoms with E-state index in [2.05, 4.69) is 22.1 Å². The van der Waals surface area contributed by atoms with E-state index in [0.29, 0.717) is 12.8 Å². The number of hydrogen-bond acceptors (Lipinski definition) is 4. The summed E-state index contributed by atoms with van der Waals surface area (Å²) >= 11 is 0. The zero-order valence-electron chi connectivity index (χ0n) is 11.9. The Hall–Kier alpha value is -1.85. The maximum absolute atomic E-state index is 8.94. The van der Waals surface area contributed by atoms with E-state index in [9.17, 15) is 0 Å². The lowest BCUT2D eigenvalue weighted by molar-refractivity contribution is 0.00695. The van der Waals surface area contributed by atoms with Crippen LogP contribution in [0, 0.1) is 29.6 Å². The van der Waals surface area contributed by atoms with Crippen LogP contribution in [0.1, 0.15) is 32.3 Å². The molecule has 0 N–H and O–H groups in total. The smallest absolute Gasteiger partial charge is 0.101 e. The molecule has 0 radical (unpaired) electrons. The average molecular weight is 259 g/mol. The molecular weight excluding hydrogens is 238 g/mol. The van der Waals surface area contributed by atoms with Crippen molar-refractivity contribution in [3.8, 4) is 12.1 Å². The Labute approximate surface area is 115 Å². The van der Waals surface area contributed by atoms with Crippen LogP contribution < -0.4 is 0 Å². The Morgan fingerprint density at radius 3 is 2.47 bits per heavy atom. The van der Waals surface area contributed by atoms with Gasteiger partial charge in [0.05, 0.1) is 24.8 Å². The van der Waals surface area contributed by atoms with Gasteiger partial charge < -0.3 is 0 Å². The molecule has 0 amide bonds. The maximum atomic E-state index is 8.94. The van der Waals surface area contributed by atoms with E-state index >= 15 is 0 Å². The van der Waals surface area contributed by atoms with Gasteiger partial charge in [-0.2, -0.15) is 15.6 Å². The van der Waals surface area contributed by atoms with Gasteiger partial charge in [0.15, 0.2) is 0 Å². The van der Waals surface area contributed by atoms with Crippen molar-refractivity contribution in [1.29, 1.82) is 10.5 Å². The Morgan fingerprint density at radius 2 is 2.00 bits per heavy atom. The zero-order chi connectivity index (χ0) is 14.3. The maximum Gasteiger partial charge on any atom is 0.101 e. The van der Waals surface area contributed by atoms with Crippen LogP contribution >= 0.6 is 0 Å². The van der Waals surface area contributed by atoms with Crippen molar-refractivity contribution in [2.45, 2.75) is 39.2 Å². The number of likely N-dealkylation sites (tertiary alicyclic amines) is 1. The summed E-state index contributed by atoms with van der Waals surface area (Å²) in [5, 5.41) is 21.8. The highest BCUT2D eigenvalue weighted by Crippen LogP contribution is 2.31. The molecular formula is C14H21N5. The van der Waals surface area contributed by atoms with E-state index in [1.165, 1.54) is 0 Å². The summed E-state index contributed by atoms with van der Waals surface area (Å²) in [5.74, 6) is 0. The SMILES string of the molecule is CC.Cc1cnn(C2(CC#N)CN(CCC#N)C2)c1. The van der Waals surface area contributed by atoms with Gasteiger partial charge in [0, 0.05) is 32.3 Å². The summed E-state index contributed by atoms with van der Waals surface area (Å²) in [7, 11) is 0. The first-order chi connectivity index (χ1) is 9.20. The third-order valence-corrected chi connectivity index (χ3v) is 3.18. The fourth-order valence-electron chi connectivity index (χ4n) is 2.31. The topological polar surface area (TPSA) is 68.6 Å². The Balaban J connectivity index is 0.000000861. The van der Waals surface area contributed by atoms with Gasteiger partial charge in [0.1, 0.15) is 5.54 Å². The fourth-order valence-corrected chi connectivity index (χ4v) is 2.31. The lowest BCUT2D eigenvalue weighted by Crippen LogP contribution is -2.62. The Morgan fingerprint density at radius 1 is 1.32 bits per heavy atom. The highest BCUT2D eigenvalue weighted by atomic mass is 15.4. The molecule has 5 nitrogen and oxygen atoms in total. The minimum atomic E-state index is -0.182. The molecule has 102 valence electrons. The molecule has 0 spiro atoms. The summed E-state index contributed by atoms with van der Waals surface area (Å²) in [5.41, 5.74) is 0.927. The molecule has 1 fully saturated rings. The molecule has 1 aliphatic heterocycles. The Kier molecular flexibility index (Phi) is 5.54. The summed E-state index contributed by atoms with van der Waals surface area (Å²) < 4.78 is 1.91. The van der Waals surface area contributed by atoms with E-state index in [4.69, 9.17) is 10.5 Å². The first kappa shape index (κ1) is 15.2. The number of hydrogen-bond donors (Lipinski definition) is 0. The second kappa shape index (κ2) is 6.92. The normalized spacial score (nSPS) is 16.5. The zero-order valence-corrected chi connectivity index (χ0v) is 11.9. The summed E-state index contributed by atoms with van der Waals surface area (Å²) in [4.78, 5) is 2.19. The van der Waals surface area contributed by atoms with Crippen LogP contribution in [-0.4, -0.2) is 34.3 Å². The van der Waals surface area contributed by atoms with Crippen molar-refractivity contribution < 1.29 is 0 Å². The van der Waals surface area contributed by atoms with Crippen molar-refractivity contribution >= 4 is 0 Å². The molecule has 1 aromatic rings. The van der Waals surface area contributed by atoms with E-state index in [-0.39, 0.29) is 5.54 Å². The second-order valence-electron chi connectivity index (χ2n) is 4.64. The molecule has 5 heteroatoms. The molecule has 0 atom stereocenters. The summed E-state index contributed by atoms with van der Waals surface area (Å²) in [6.45, 7) is 8.40. The summed E-state index contributed by atoms with van der Waals surface area (Å²) in [6.07, 6.45) is 4.81. The molecule has 0 saturated carbocycles. The third kappa shape index (κ3) is 3.33. The fraction of sp³-hybridized carbons (Fsp3) is 0.643. The molecule has 2 heterocycles. The van der Waals surface area contributed by atoms with Gasteiger partial charge in [-0.3, -0.25) is 9.58 Å². The van der Waals surface area contributed by atoms with Gasteiger partial charge in [-0.25, -0.2) is 0 Å². The largest absolute Gasteiger partial charge is 0.297 e. The van der Waals surface area contributed by atoms with E-state index < -0.39 is 0 Å². The highest BCUT2D eigenvalue weighted by Gasteiger charge is 2.44. The molecule has 2 rings (SSSR count). The number of nitriles is 2. The van der Waals surface area contributed by atoms with Gasteiger partial charge in [-0.15, -0.1) is 0 Å². The number of nitrogens with zero attached hydrogens (tertiary/aromatic N) is 5. The quantitative estimate of drug-likeness (QED) is 0.830. The van der Waals surface area contributed by atoms with Crippen LogP contribution in [0.25, 0.3) is 0 Å². The molecule has 1 saturated heterocycles. The predicted octanol–water partition coefficient (Wildman–Crippen LogP) is 2.06. The molecule has 1 aliphatic rings. The molecule has 0 unspecified atom stereocenters. The first-order valence-electron chi connectivity index (χ1n) is 6.68. The number of rotatable bonds is 4. The van der Waals surface area contributed by atoms with Gasteiger partial charge in [-0.1, -0.05) is 13.8 Å². The lowest BCUT2D eigenvalue weighted by Gasteiger charge is -2.49. The number of aromatic nitrogens is 2. The van der Waals surface area contributed by atoms with Crippen molar-refractivity contribution in [2.75, 3.05) is 19.6 Å². The van der Waals surface area contributed by atoms with Gasteiger partial charge in [0.2, 0.25) is 0 Å². The number of aryl methyl sites for hydroxylation is 1. The average Bonchev–Trinajstić information content (AvgIpc) is 2.81. The van der Waals surface area contributed by atoms with Crippen LogP contribution in [0.3, 0.4) is 0 Å². The van der Waals surface area contributed by atoms with Gasteiger partial charge in [-0.05, 0) is 12.5 Å². The lowest BCUT2D eigenvalue weighted by atomic mass is 9.86. The van der Waals surface area contributed by atoms with Crippen molar-refractivity contribution in [1.82, 2.24) is 14.7 Å². The summed E-state index contributed by atoms with van der Waals surface area (Å²) in [6, 6.07) is 4.38. The van der Waals surface area contributed by atoms with Gasteiger partial charge in [0.25, 0.3) is 0 Å². The first-order valence-corrected chi connectivity index (χ1v) is 6.68. The van der Waals surface area contributed by atoms with Gasteiger partial charge >= 0.3 is 0 Å². The molecule has 1 aromatic heterocycles. The highest BCUT2D eigenvalue weighted by molar-refractivity contribution is 5.10. The molecule has 0 aromatic carbocycles. The van der Waals surface area contributed by atoms with Crippen molar-refractivity contribution in [2.24, 2.45) is 0 Å². The van der Waals surface area contributed by atoms with E-state index in [1.54, 1.807) is 0 Å². The Bertz CT molecular complexity index is 471.